The number of rotatable bonds is 3. The van der Waals surface area contributed by atoms with Gasteiger partial charge in [0.1, 0.15) is 15.8 Å². The lowest BCUT2D eigenvalue weighted by atomic mass is 10.2. The van der Waals surface area contributed by atoms with Crippen molar-refractivity contribution in [3.8, 4) is 11.3 Å². The topological polar surface area (TPSA) is 50.5 Å². The van der Waals surface area contributed by atoms with Gasteiger partial charge in [-0.2, -0.15) is 5.10 Å². The maximum atomic E-state index is 13.4. The first-order valence-corrected chi connectivity index (χ1v) is 8.87. The van der Waals surface area contributed by atoms with Gasteiger partial charge in [0.15, 0.2) is 5.01 Å². The van der Waals surface area contributed by atoms with E-state index in [0.717, 1.165) is 22.4 Å². The van der Waals surface area contributed by atoms with Gasteiger partial charge in [0.05, 0.1) is 11.7 Å². The molecule has 0 atom stereocenters. The molecule has 4 rings (SSSR count). The van der Waals surface area contributed by atoms with Crippen molar-refractivity contribution in [2.24, 2.45) is 0 Å². The first-order chi connectivity index (χ1) is 12.5. The molecule has 26 heavy (non-hydrogen) atoms. The van der Waals surface area contributed by atoms with E-state index < -0.39 is 5.82 Å². The molecule has 8 heteroatoms. The fraction of sp³-hybridized carbons (Fsp3) is 0.0556. The van der Waals surface area contributed by atoms with Crippen LogP contribution in [0.15, 0.2) is 54.9 Å². The van der Waals surface area contributed by atoms with Crippen LogP contribution in [0.3, 0.4) is 0 Å². The zero-order valence-electron chi connectivity index (χ0n) is 13.6. The van der Waals surface area contributed by atoms with Crippen LogP contribution in [0.25, 0.3) is 16.8 Å². The average molecular weight is 387 g/mol. The molecule has 0 saturated carbocycles. The fourth-order valence-corrected chi connectivity index (χ4v) is 3.77. The van der Waals surface area contributed by atoms with Crippen molar-refractivity contribution in [1.82, 2.24) is 14.6 Å². The highest BCUT2D eigenvalue weighted by atomic mass is 35.5. The number of fused-ring (bicyclic) bond motifs is 1. The lowest BCUT2D eigenvalue weighted by Crippen LogP contribution is -2.26. The van der Waals surface area contributed by atoms with E-state index in [-0.39, 0.29) is 10.9 Å². The highest BCUT2D eigenvalue weighted by molar-refractivity contribution is 7.18. The van der Waals surface area contributed by atoms with E-state index in [4.69, 9.17) is 11.6 Å². The van der Waals surface area contributed by atoms with Gasteiger partial charge < -0.3 is 4.90 Å². The maximum absolute atomic E-state index is 13.4. The molecule has 0 unspecified atom stereocenters. The fourth-order valence-electron chi connectivity index (χ4n) is 2.62. The first kappa shape index (κ1) is 16.7. The van der Waals surface area contributed by atoms with Gasteiger partial charge in [0, 0.05) is 24.5 Å². The molecule has 5 nitrogen and oxygen atoms in total. The molecule has 0 spiro atoms. The van der Waals surface area contributed by atoms with E-state index in [0.29, 0.717) is 15.7 Å². The third-order valence-electron chi connectivity index (χ3n) is 3.95. The van der Waals surface area contributed by atoms with Crippen molar-refractivity contribution in [1.29, 1.82) is 0 Å². The van der Waals surface area contributed by atoms with E-state index in [1.165, 1.54) is 17.0 Å². The summed E-state index contributed by atoms with van der Waals surface area (Å²) in [4.78, 5) is 18.5. The van der Waals surface area contributed by atoms with Crippen LogP contribution in [-0.2, 0) is 0 Å². The van der Waals surface area contributed by atoms with Gasteiger partial charge in [0.2, 0.25) is 0 Å². The summed E-state index contributed by atoms with van der Waals surface area (Å²) in [7, 11) is 1.57. The Hall–Kier alpha value is -2.77. The van der Waals surface area contributed by atoms with Crippen LogP contribution in [-0.4, -0.2) is 27.6 Å². The van der Waals surface area contributed by atoms with Gasteiger partial charge >= 0.3 is 0 Å². The van der Waals surface area contributed by atoms with E-state index >= 15 is 0 Å². The number of carbonyl (C=O) groups excluding carboxylic acids is 1. The molecule has 0 aliphatic carbocycles. The summed E-state index contributed by atoms with van der Waals surface area (Å²) in [6.45, 7) is 0. The molecular formula is C18H12ClFN4OS. The molecule has 4 aromatic rings. The number of halogens is 2. The molecule has 0 fully saturated rings. The van der Waals surface area contributed by atoms with Gasteiger partial charge in [0.25, 0.3) is 5.91 Å². The van der Waals surface area contributed by atoms with Gasteiger partial charge in [-0.15, -0.1) is 0 Å². The van der Waals surface area contributed by atoms with E-state index in [1.54, 1.807) is 29.9 Å². The quantitative estimate of drug-likeness (QED) is 0.520. The number of nitrogens with zero attached hydrogens (tertiary/aromatic N) is 4. The van der Waals surface area contributed by atoms with Gasteiger partial charge in [-0.25, -0.2) is 13.9 Å². The summed E-state index contributed by atoms with van der Waals surface area (Å²) in [5.74, 6) is -0.767. The molecule has 0 aliphatic rings. The summed E-state index contributed by atoms with van der Waals surface area (Å²) in [6.07, 6.45) is 3.49. The third-order valence-corrected chi connectivity index (χ3v) is 5.19. The van der Waals surface area contributed by atoms with Crippen LogP contribution in [0.1, 0.15) is 9.80 Å². The minimum atomic E-state index is -0.411. The second kappa shape index (κ2) is 6.51. The highest BCUT2D eigenvalue weighted by Gasteiger charge is 2.22. The Kier molecular flexibility index (Phi) is 4.18. The molecule has 0 saturated heterocycles. The smallest absolute Gasteiger partial charge is 0.287 e. The predicted molar refractivity (Wildman–Crippen MR) is 100 cm³/mol. The number of hydrogen-bond acceptors (Lipinski definition) is 4. The summed E-state index contributed by atoms with van der Waals surface area (Å²) in [5, 5.41) is 4.50. The summed E-state index contributed by atoms with van der Waals surface area (Å²) < 4.78 is 15.5. The highest BCUT2D eigenvalue weighted by Crippen LogP contribution is 2.35. The largest absolute Gasteiger partial charge is 0.309 e. The first-order valence-electron chi connectivity index (χ1n) is 7.67. The molecule has 1 aromatic carbocycles. The summed E-state index contributed by atoms with van der Waals surface area (Å²) in [5.41, 5.74) is 2.55. The molecule has 0 N–H and O–H groups in total. The molecule has 3 aromatic heterocycles. The summed E-state index contributed by atoms with van der Waals surface area (Å²) >= 11 is 7.43. The number of hydrogen-bond donors (Lipinski definition) is 0. The molecule has 0 bridgehead atoms. The van der Waals surface area contributed by atoms with E-state index in [1.807, 2.05) is 24.4 Å². The van der Waals surface area contributed by atoms with Crippen molar-refractivity contribution < 1.29 is 9.18 Å². The van der Waals surface area contributed by atoms with Crippen LogP contribution < -0.4 is 4.90 Å². The van der Waals surface area contributed by atoms with Crippen molar-refractivity contribution in [3.05, 3.63) is 70.0 Å². The van der Waals surface area contributed by atoms with Crippen molar-refractivity contribution >= 4 is 40.0 Å². The Morgan fingerprint density at radius 2 is 2.12 bits per heavy atom. The van der Waals surface area contributed by atoms with Gasteiger partial charge in [-0.3, -0.25) is 4.79 Å². The Morgan fingerprint density at radius 3 is 2.92 bits per heavy atom. The monoisotopic (exact) mass is 386 g/mol. The van der Waals surface area contributed by atoms with Crippen LogP contribution in [0, 0.1) is 5.82 Å². The standard InChI is InChI=1S/C18H12ClFN4OS/c1-23(12-6-4-5-11(20)9-12)18(25)17-22-15(16(19)26-17)13-10-21-24-8-3-2-7-14(13)24/h2-10H,1H3. The number of anilines is 1. The van der Waals surface area contributed by atoms with Gasteiger partial charge in [-0.05, 0) is 30.3 Å². The Morgan fingerprint density at radius 1 is 1.27 bits per heavy atom. The van der Waals surface area contributed by atoms with Crippen LogP contribution in [0.5, 0.6) is 0 Å². The number of aromatic nitrogens is 3. The zero-order valence-corrected chi connectivity index (χ0v) is 15.1. The number of pyridine rings is 1. The Balaban J connectivity index is 1.71. The van der Waals surface area contributed by atoms with Crippen molar-refractivity contribution in [2.75, 3.05) is 11.9 Å². The Labute approximate surface area is 157 Å². The zero-order chi connectivity index (χ0) is 18.3. The summed E-state index contributed by atoms with van der Waals surface area (Å²) in [6, 6.07) is 11.5. The van der Waals surface area contributed by atoms with Crippen LogP contribution in [0.4, 0.5) is 10.1 Å². The van der Waals surface area contributed by atoms with Crippen LogP contribution >= 0.6 is 22.9 Å². The van der Waals surface area contributed by atoms with E-state index in [2.05, 4.69) is 10.1 Å². The molecule has 1 amide bonds. The predicted octanol–water partition coefficient (Wildman–Crippen LogP) is 4.53. The number of thiazole rings is 1. The number of carbonyl (C=O) groups is 1. The number of amides is 1. The molecule has 0 aliphatic heterocycles. The van der Waals surface area contributed by atoms with Crippen molar-refractivity contribution in [3.63, 3.8) is 0 Å². The normalized spacial score (nSPS) is 11.0. The maximum Gasteiger partial charge on any atom is 0.287 e. The lowest BCUT2D eigenvalue weighted by molar-refractivity contribution is 0.0992. The van der Waals surface area contributed by atoms with E-state index in [9.17, 15) is 9.18 Å². The second-order valence-corrected chi connectivity index (χ2v) is 7.18. The molecule has 130 valence electrons. The lowest BCUT2D eigenvalue weighted by Gasteiger charge is -2.15. The second-order valence-electron chi connectivity index (χ2n) is 5.57. The molecule has 0 radical (unpaired) electrons. The third kappa shape index (κ3) is 2.85. The van der Waals surface area contributed by atoms with Crippen molar-refractivity contribution in [2.45, 2.75) is 0 Å². The van der Waals surface area contributed by atoms with Crippen LogP contribution in [0.2, 0.25) is 4.34 Å². The SMILES string of the molecule is CN(C(=O)c1nc(-c2cnn3ccccc23)c(Cl)s1)c1cccc(F)c1. The molecular weight excluding hydrogens is 375 g/mol. The minimum Gasteiger partial charge on any atom is -0.309 e. The van der Waals surface area contributed by atoms with Gasteiger partial charge in [-0.1, -0.05) is 35.1 Å². The average Bonchev–Trinajstić information content (AvgIpc) is 3.23. The number of benzene rings is 1. The Bertz CT molecular complexity index is 1120. The molecule has 3 heterocycles. The minimum absolute atomic E-state index is 0.229.